The predicted molar refractivity (Wildman–Crippen MR) is 145 cm³/mol. The minimum absolute atomic E-state index is 0.343. The summed E-state index contributed by atoms with van der Waals surface area (Å²) in [6, 6.07) is 10.2. The summed E-state index contributed by atoms with van der Waals surface area (Å²) in [4.78, 5) is 5.10. The summed E-state index contributed by atoms with van der Waals surface area (Å²) in [6.45, 7) is 7.77. The van der Waals surface area contributed by atoms with Crippen molar-refractivity contribution in [2.75, 3.05) is 13.1 Å². The Labute approximate surface area is 209 Å². The number of nitrogens with one attached hydrogen (secondary N) is 1. The molecule has 1 aliphatic heterocycles. The highest BCUT2D eigenvalue weighted by Gasteiger charge is 2.27. The molecule has 1 saturated heterocycles. The molecule has 1 fully saturated rings. The largest absolute Gasteiger partial charge is 0.485 e. The number of hydrogen-bond donors (Lipinski definition) is 1. The van der Waals surface area contributed by atoms with Crippen LogP contribution in [-0.2, 0) is 0 Å². The van der Waals surface area contributed by atoms with Crippen molar-refractivity contribution >= 4 is 16.5 Å². The maximum absolute atomic E-state index is 14.4. The second-order valence-electron chi connectivity index (χ2n) is 9.68. The first kappa shape index (κ1) is 25.4. The molecule has 4 heteroatoms. The molecule has 3 atom stereocenters. The molecule has 4 rings (SSSR count). The van der Waals surface area contributed by atoms with Gasteiger partial charge in [0.05, 0.1) is 5.69 Å². The molecule has 3 nitrogen and oxygen atoms in total. The van der Waals surface area contributed by atoms with Gasteiger partial charge in [0.2, 0.25) is 0 Å². The summed E-state index contributed by atoms with van der Waals surface area (Å²) >= 11 is 0. The normalized spacial score (nSPS) is 24.1. The number of alkyl halides is 1. The van der Waals surface area contributed by atoms with Gasteiger partial charge in [0.25, 0.3) is 0 Å². The number of ether oxygens (including phenoxy) is 1. The van der Waals surface area contributed by atoms with E-state index in [-0.39, 0.29) is 0 Å². The lowest BCUT2D eigenvalue weighted by Crippen LogP contribution is -2.44. The van der Waals surface area contributed by atoms with Gasteiger partial charge in [0, 0.05) is 17.8 Å². The molecule has 1 aliphatic carbocycles. The zero-order chi connectivity index (χ0) is 24.6. The molecule has 0 saturated carbocycles. The zero-order valence-electron chi connectivity index (χ0n) is 21.4. The Balaban J connectivity index is 1.60. The van der Waals surface area contributed by atoms with E-state index in [1.165, 1.54) is 23.1 Å². The van der Waals surface area contributed by atoms with E-state index in [0.29, 0.717) is 24.6 Å². The average molecular weight is 475 g/mol. The number of halogens is 1. The van der Waals surface area contributed by atoms with Crippen LogP contribution in [0.4, 0.5) is 4.39 Å². The lowest BCUT2D eigenvalue weighted by atomic mass is 9.86. The fraction of sp³-hybridized carbons (Fsp3) is 0.452. The minimum atomic E-state index is -1.01. The van der Waals surface area contributed by atoms with Gasteiger partial charge in [-0.25, -0.2) is 9.37 Å². The Kier molecular flexibility index (Phi) is 8.92. The molecular formula is C31H39FN2O. The number of allylic oxidation sites excluding steroid dienone is 8. The van der Waals surface area contributed by atoms with Crippen molar-refractivity contribution in [3.63, 3.8) is 0 Å². The van der Waals surface area contributed by atoms with Crippen molar-refractivity contribution in [2.45, 2.75) is 71.6 Å². The molecule has 35 heavy (non-hydrogen) atoms. The summed E-state index contributed by atoms with van der Waals surface area (Å²) in [5, 5.41) is 4.12. The van der Waals surface area contributed by atoms with Crippen LogP contribution in [0.1, 0.15) is 65.0 Å². The summed E-state index contributed by atoms with van der Waals surface area (Å²) in [6.07, 6.45) is 15.8. The monoisotopic (exact) mass is 474 g/mol. The van der Waals surface area contributed by atoms with E-state index in [0.717, 1.165) is 48.8 Å². The van der Waals surface area contributed by atoms with Gasteiger partial charge < -0.3 is 10.1 Å². The average Bonchev–Trinajstić information content (AvgIpc) is 2.89. The van der Waals surface area contributed by atoms with E-state index in [9.17, 15) is 4.39 Å². The molecule has 1 aromatic carbocycles. The molecule has 0 spiro atoms. The van der Waals surface area contributed by atoms with Crippen molar-refractivity contribution in [1.29, 1.82) is 0 Å². The van der Waals surface area contributed by atoms with Crippen LogP contribution in [0.5, 0.6) is 5.75 Å². The fourth-order valence-corrected chi connectivity index (χ4v) is 4.94. The molecule has 0 bridgehead atoms. The topological polar surface area (TPSA) is 34.1 Å². The number of pyridine rings is 1. The summed E-state index contributed by atoms with van der Waals surface area (Å²) in [5.41, 5.74) is 5.93. The Morgan fingerprint density at radius 1 is 1.20 bits per heavy atom. The van der Waals surface area contributed by atoms with Gasteiger partial charge in [0.15, 0.2) is 0 Å². The van der Waals surface area contributed by atoms with Crippen molar-refractivity contribution in [3.05, 3.63) is 77.6 Å². The van der Waals surface area contributed by atoms with Crippen LogP contribution in [0.3, 0.4) is 0 Å². The number of aromatic nitrogens is 1. The van der Waals surface area contributed by atoms with Crippen molar-refractivity contribution in [2.24, 2.45) is 5.92 Å². The van der Waals surface area contributed by atoms with Gasteiger partial charge in [0.1, 0.15) is 23.5 Å². The second-order valence-corrected chi connectivity index (χ2v) is 9.68. The number of piperidine rings is 1. The fourth-order valence-electron chi connectivity index (χ4n) is 4.94. The number of unbranched alkanes of at least 4 members (excludes halogenated alkanes) is 1. The molecule has 2 aliphatic rings. The Bertz CT molecular complexity index is 1130. The van der Waals surface area contributed by atoms with E-state index in [1.54, 1.807) is 0 Å². The van der Waals surface area contributed by atoms with E-state index in [1.807, 2.05) is 18.2 Å². The van der Waals surface area contributed by atoms with Gasteiger partial charge >= 0.3 is 0 Å². The standard InChI is InChI=1S/C31H39FN2O/c1-4-6-10-23-11-7-8-12-24(23)15-17-26(22(3)5-2)28-18-16-25-13-9-14-30(31(25)34-28)35-29-19-20-33-21-27(29)32/h7-14,16,18,24,27,29,33H,4-6,15,17,19-21H2,1-3H3. The Morgan fingerprint density at radius 2 is 2.09 bits per heavy atom. The summed E-state index contributed by atoms with van der Waals surface area (Å²) < 4.78 is 20.6. The lowest BCUT2D eigenvalue weighted by molar-refractivity contribution is 0.0742. The maximum atomic E-state index is 14.4. The molecule has 2 heterocycles. The first-order valence-corrected chi connectivity index (χ1v) is 13.3. The van der Waals surface area contributed by atoms with Gasteiger partial charge in [-0.2, -0.15) is 0 Å². The van der Waals surface area contributed by atoms with Crippen LogP contribution in [-0.4, -0.2) is 30.3 Å². The first-order valence-electron chi connectivity index (χ1n) is 13.3. The van der Waals surface area contributed by atoms with Gasteiger partial charge in [-0.3, -0.25) is 0 Å². The number of hydrogen-bond acceptors (Lipinski definition) is 3. The molecule has 1 aromatic heterocycles. The smallest absolute Gasteiger partial charge is 0.149 e. The van der Waals surface area contributed by atoms with E-state index in [4.69, 9.17) is 9.72 Å². The Morgan fingerprint density at radius 3 is 2.89 bits per heavy atom. The van der Waals surface area contributed by atoms with Gasteiger partial charge in [-0.1, -0.05) is 74.4 Å². The van der Waals surface area contributed by atoms with Crippen LogP contribution < -0.4 is 10.1 Å². The molecule has 1 N–H and O–H groups in total. The predicted octanol–water partition coefficient (Wildman–Crippen LogP) is 7.75. The second kappa shape index (κ2) is 12.3. The number of rotatable bonds is 9. The first-order chi connectivity index (χ1) is 17.1. The number of benzene rings is 1. The van der Waals surface area contributed by atoms with E-state index in [2.05, 4.69) is 68.6 Å². The molecule has 3 unspecified atom stereocenters. The number of nitrogens with zero attached hydrogens (tertiary/aromatic N) is 1. The van der Waals surface area contributed by atoms with Crippen LogP contribution in [0.25, 0.3) is 16.5 Å². The third-order valence-electron chi connectivity index (χ3n) is 7.21. The highest BCUT2D eigenvalue weighted by molar-refractivity contribution is 5.86. The van der Waals surface area contributed by atoms with Crippen LogP contribution in [0.15, 0.2) is 71.9 Å². The van der Waals surface area contributed by atoms with Crippen molar-refractivity contribution in [3.8, 4) is 5.75 Å². The summed E-state index contributed by atoms with van der Waals surface area (Å²) in [5.74, 6) is 1.12. The van der Waals surface area contributed by atoms with Gasteiger partial charge in [-0.05, 0) is 68.9 Å². The highest BCUT2D eigenvalue weighted by Crippen LogP contribution is 2.33. The van der Waals surface area contributed by atoms with Gasteiger partial charge in [-0.15, -0.1) is 0 Å². The molecular weight excluding hydrogens is 435 g/mol. The lowest BCUT2D eigenvalue weighted by Gasteiger charge is -2.27. The van der Waals surface area contributed by atoms with E-state index >= 15 is 0 Å². The highest BCUT2D eigenvalue weighted by atomic mass is 19.1. The Hall–Kier alpha value is -2.72. The molecule has 0 amide bonds. The van der Waals surface area contributed by atoms with Crippen LogP contribution >= 0.6 is 0 Å². The van der Waals surface area contributed by atoms with Crippen LogP contribution in [0.2, 0.25) is 0 Å². The third kappa shape index (κ3) is 6.29. The molecule has 2 aromatic rings. The van der Waals surface area contributed by atoms with Crippen molar-refractivity contribution in [1.82, 2.24) is 10.3 Å². The quantitative estimate of drug-likeness (QED) is 0.403. The van der Waals surface area contributed by atoms with E-state index < -0.39 is 12.3 Å². The maximum Gasteiger partial charge on any atom is 0.149 e. The van der Waals surface area contributed by atoms with Crippen LogP contribution in [0, 0.1) is 5.92 Å². The zero-order valence-corrected chi connectivity index (χ0v) is 21.4. The number of fused-ring (bicyclic) bond motifs is 1. The molecule has 0 radical (unpaired) electrons. The minimum Gasteiger partial charge on any atom is -0.485 e. The van der Waals surface area contributed by atoms with Crippen molar-refractivity contribution < 1.29 is 9.13 Å². The summed E-state index contributed by atoms with van der Waals surface area (Å²) in [7, 11) is 0. The SMILES string of the molecule is CCCC=C1C=CC=CC1CCC(=C(C)CC)c1ccc2cccc(OC3CCNCC3F)c2n1. The molecule has 186 valence electrons. The third-order valence-corrected chi connectivity index (χ3v) is 7.21. The number of para-hydroxylation sites is 1.